The number of hydrogen-bond acceptors (Lipinski definition) is 5. The highest BCUT2D eigenvalue weighted by Crippen LogP contribution is 2.22. The molecule has 0 fully saturated rings. The van der Waals surface area contributed by atoms with Crippen LogP contribution in [0, 0.1) is 6.92 Å². The zero-order chi connectivity index (χ0) is 15.6. The van der Waals surface area contributed by atoms with Crippen LogP contribution in [0.25, 0.3) is 0 Å². The van der Waals surface area contributed by atoms with Gasteiger partial charge in [0.2, 0.25) is 0 Å². The average molecular weight is 328 g/mol. The molecule has 6 nitrogen and oxygen atoms in total. The van der Waals surface area contributed by atoms with Crippen molar-refractivity contribution in [2.75, 3.05) is 7.05 Å². The molecule has 2 heterocycles. The number of hydrogen-bond donors (Lipinski definition) is 2. The maximum Gasteiger partial charge on any atom is 0.262 e. The maximum atomic E-state index is 12.7. The predicted octanol–water partition coefficient (Wildman–Crippen LogP) is 1.49. The van der Waals surface area contributed by atoms with Crippen LogP contribution in [-0.4, -0.2) is 36.0 Å². The molecule has 0 aliphatic carbocycles. The Morgan fingerprint density at radius 3 is 2.81 bits per heavy atom. The number of likely N-dealkylation sites (N-methyl/N-ethyl adjacent to an activating group) is 1. The molecular weight excluding hydrogens is 308 g/mol. The number of nitrogens with two attached hydrogens (primary N) is 1. The first-order valence-electron chi connectivity index (χ1n) is 6.62. The summed E-state index contributed by atoms with van der Waals surface area (Å²) in [7, 11) is -2.07. The molecule has 0 amide bonds. The number of aryl methyl sites for hydroxylation is 1. The normalized spacial score (nSPS) is 13.8. The Balaban J connectivity index is 2.25. The molecule has 8 heteroatoms. The third kappa shape index (κ3) is 3.18. The number of aromatic amines is 1. The van der Waals surface area contributed by atoms with E-state index in [4.69, 9.17) is 5.73 Å². The van der Waals surface area contributed by atoms with Gasteiger partial charge in [0.15, 0.2) is 5.03 Å². The van der Waals surface area contributed by atoms with Crippen molar-refractivity contribution in [3.63, 3.8) is 0 Å². The largest absolute Gasteiger partial charge is 0.326 e. The van der Waals surface area contributed by atoms with E-state index in [9.17, 15) is 8.42 Å². The summed E-state index contributed by atoms with van der Waals surface area (Å²) >= 11 is 1.62. The van der Waals surface area contributed by atoms with Gasteiger partial charge in [-0.25, -0.2) is 8.42 Å². The molecule has 2 aromatic rings. The molecule has 3 N–H and O–H groups in total. The minimum absolute atomic E-state index is 0.0306. The van der Waals surface area contributed by atoms with Gasteiger partial charge in [0.25, 0.3) is 10.0 Å². The molecule has 0 saturated heterocycles. The Morgan fingerprint density at radius 2 is 2.24 bits per heavy atom. The molecule has 1 unspecified atom stereocenters. The van der Waals surface area contributed by atoms with Gasteiger partial charge in [0, 0.05) is 35.8 Å². The van der Waals surface area contributed by atoms with Gasteiger partial charge in [-0.15, -0.1) is 11.3 Å². The van der Waals surface area contributed by atoms with Crippen LogP contribution >= 0.6 is 11.3 Å². The second-order valence-corrected chi connectivity index (χ2v) is 7.94. The van der Waals surface area contributed by atoms with E-state index < -0.39 is 10.0 Å². The molecule has 2 aromatic heterocycles. The molecule has 0 aliphatic heterocycles. The van der Waals surface area contributed by atoms with Crippen molar-refractivity contribution in [3.05, 3.63) is 33.6 Å². The highest BCUT2D eigenvalue weighted by molar-refractivity contribution is 7.89. The minimum atomic E-state index is -3.65. The minimum Gasteiger partial charge on any atom is -0.326 e. The van der Waals surface area contributed by atoms with Gasteiger partial charge in [0.1, 0.15) is 0 Å². The molecule has 0 spiro atoms. The van der Waals surface area contributed by atoms with Gasteiger partial charge in [-0.2, -0.15) is 9.40 Å². The summed E-state index contributed by atoms with van der Waals surface area (Å²) in [6, 6.07) is 3.81. The maximum absolute atomic E-state index is 12.7. The van der Waals surface area contributed by atoms with Crippen molar-refractivity contribution in [1.82, 2.24) is 14.5 Å². The topological polar surface area (TPSA) is 92.1 Å². The fourth-order valence-electron chi connectivity index (χ4n) is 2.11. The molecule has 0 radical (unpaired) electrons. The first-order chi connectivity index (χ1) is 9.87. The summed E-state index contributed by atoms with van der Waals surface area (Å²) in [6.45, 7) is 3.80. The van der Waals surface area contributed by atoms with Gasteiger partial charge in [0.05, 0.1) is 0 Å². The summed E-state index contributed by atoms with van der Waals surface area (Å²) in [4.78, 5) is 1.15. The molecule has 2 rings (SSSR count). The summed E-state index contributed by atoms with van der Waals surface area (Å²) in [5.41, 5.74) is 6.87. The molecule has 0 bridgehead atoms. The lowest BCUT2D eigenvalue weighted by molar-refractivity contribution is 0.386. The average Bonchev–Trinajstić information content (AvgIpc) is 3.07. The molecule has 0 aromatic carbocycles. The van der Waals surface area contributed by atoms with E-state index in [-0.39, 0.29) is 17.6 Å². The molecule has 116 valence electrons. The summed E-state index contributed by atoms with van der Waals surface area (Å²) in [5.74, 6) is 0. The SMILES string of the molecule is Cc1[nH]nc(S(=O)(=O)N(C)C(C)Cc2cccs2)c1CN. The quantitative estimate of drug-likeness (QED) is 0.840. The van der Waals surface area contributed by atoms with E-state index in [1.54, 1.807) is 25.3 Å². The molecule has 0 saturated carbocycles. The molecule has 1 atom stereocenters. The van der Waals surface area contributed by atoms with Crippen LogP contribution in [0.3, 0.4) is 0 Å². The first kappa shape index (κ1) is 16.2. The lowest BCUT2D eigenvalue weighted by Gasteiger charge is -2.23. The fraction of sp³-hybridized carbons (Fsp3) is 0.462. The third-order valence-corrected chi connectivity index (χ3v) is 6.40. The van der Waals surface area contributed by atoms with Crippen LogP contribution in [-0.2, 0) is 23.0 Å². The van der Waals surface area contributed by atoms with Crippen LogP contribution in [0.5, 0.6) is 0 Å². The van der Waals surface area contributed by atoms with E-state index in [1.807, 2.05) is 24.4 Å². The summed E-state index contributed by atoms with van der Waals surface area (Å²) in [6.07, 6.45) is 0.675. The Kier molecular flexibility index (Phi) is 4.82. The van der Waals surface area contributed by atoms with Crippen LogP contribution in [0.4, 0.5) is 0 Å². The van der Waals surface area contributed by atoms with Crippen molar-refractivity contribution in [2.45, 2.75) is 37.9 Å². The van der Waals surface area contributed by atoms with Gasteiger partial charge >= 0.3 is 0 Å². The zero-order valence-corrected chi connectivity index (χ0v) is 14.0. The van der Waals surface area contributed by atoms with Crippen LogP contribution in [0.15, 0.2) is 22.5 Å². The zero-order valence-electron chi connectivity index (χ0n) is 12.3. The number of rotatable bonds is 6. The van der Waals surface area contributed by atoms with Gasteiger partial charge in [-0.3, -0.25) is 5.10 Å². The predicted molar refractivity (Wildman–Crippen MR) is 83.6 cm³/mol. The Morgan fingerprint density at radius 1 is 1.52 bits per heavy atom. The van der Waals surface area contributed by atoms with Crippen molar-refractivity contribution >= 4 is 21.4 Å². The Hall–Kier alpha value is -1.22. The smallest absolute Gasteiger partial charge is 0.262 e. The standard InChI is InChI=1S/C13H20N4O2S2/c1-9(7-11-5-4-6-20-11)17(3)21(18,19)13-12(8-14)10(2)15-16-13/h4-6,9H,7-8,14H2,1-3H3,(H,15,16). The Bertz CT molecular complexity index is 692. The lowest BCUT2D eigenvalue weighted by atomic mass is 10.2. The van der Waals surface area contributed by atoms with Crippen LogP contribution < -0.4 is 5.73 Å². The number of sulfonamides is 1. The van der Waals surface area contributed by atoms with Gasteiger partial charge in [-0.1, -0.05) is 6.07 Å². The number of H-pyrrole nitrogens is 1. The van der Waals surface area contributed by atoms with Crippen molar-refractivity contribution < 1.29 is 8.42 Å². The van der Waals surface area contributed by atoms with E-state index in [2.05, 4.69) is 10.2 Å². The number of thiophene rings is 1. The van der Waals surface area contributed by atoms with Gasteiger partial charge in [-0.05, 0) is 31.7 Å². The highest BCUT2D eigenvalue weighted by Gasteiger charge is 2.30. The molecular formula is C13H20N4O2S2. The number of nitrogens with zero attached hydrogens (tertiary/aromatic N) is 2. The van der Waals surface area contributed by atoms with Crippen LogP contribution in [0.1, 0.15) is 23.1 Å². The first-order valence-corrected chi connectivity index (χ1v) is 8.94. The van der Waals surface area contributed by atoms with E-state index in [0.717, 1.165) is 4.88 Å². The highest BCUT2D eigenvalue weighted by atomic mass is 32.2. The van der Waals surface area contributed by atoms with Crippen molar-refractivity contribution in [1.29, 1.82) is 0 Å². The summed E-state index contributed by atoms with van der Waals surface area (Å²) in [5, 5.41) is 8.64. The van der Waals surface area contributed by atoms with E-state index in [0.29, 0.717) is 17.7 Å². The Labute approximate surface area is 129 Å². The second kappa shape index (κ2) is 6.27. The van der Waals surface area contributed by atoms with Crippen LogP contribution in [0.2, 0.25) is 0 Å². The summed E-state index contributed by atoms with van der Waals surface area (Å²) < 4.78 is 26.7. The van der Waals surface area contributed by atoms with Crippen molar-refractivity contribution in [2.24, 2.45) is 5.73 Å². The number of nitrogens with one attached hydrogen (secondary N) is 1. The number of aromatic nitrogens is 2. The second-order valence-electron chi connectivity index (χ2n) is 4.99. The monoisotopic (exact) mass is 328 g/mol. The van der Waals surface area contributed by atoms with E-state index >= 15 is 0 Å². The lowest BCUT2D eigenvalue weighted by Crippen LogP contribution is -2.37. The van der Waals surface area contributed by atoms with Gasteiger partial charge < -0.3 is 5.73 Å². The fourth-order valence-corrected chi connectivity index (χ4v) is 4.46. The van der Waals surface area contributed by atoms with E-state index in [1.165, 1.54) is 4.31 Å². The van der Waals surface area contributed by atoms with Crippen molar-refractivity contribution in [3.8, 4) is 0 Å². The molecule has 0 aliphatic rings. The third-order valence-electron chi connectivity index (χ3n) is 3.56. The molecule has 21 heavy (non-hydrogen) atoms.